The number of carbonyl (C=O) groups is 1. The van der Waals surface area contributed by atoms with Crippen molar-refractivity contribution in [2.24, 2.45) is 0 Å². The molecule has 0 bridgehead atoms. The minimum absolute atomic E-state index is 0.492. The van der Waals surface area contributed by atoms with Crippen LogP contribution < -0.4 is 15.5 Å². The summed E-state index contributed by atoms with van der Waals surface area (Å²) in [6.07, 6.45) is 10.6. The predicted octanol–water partition coefficient (Wildman–Crippen LogP) is 2.67. The lowest BCUT2D eigenvalue weighted by Crippen LogP contribution is -2.38. The van der Waals surface area contributed by atoms with Crippen LogP contribution in [0.4, 0.5) is 17.2 Å². The molecule has 2 fully saturated rings. The molecule has 2 aromatic heterocycles. The number of fused-ring (bicyclic) bond motifs is 1. The fourth-order valence-electron chi connectivity index (χ4n) is 5.20. The molecule has 38 heavy (non-hydrogen) atoms. The van der Waals surface area contributed by atoms with Gasteiger partial charge in [0, 0.05) is 73.2 Å². The van der Waals surface area contributed by atoms with Gasteiger partial charge in [0.1, 0.15) is 18.1 Å². The molecule has 0 amide bonds. The number of benzene rings is 1. The van der Waals surface area contributed by atoms with E-state index in [9.17, 15) is 4.79 Å². The fourth-order valence-corrected chi connectivity index (χ4v) is 5.20. The van der Waals surface area contributed by atoms with Gasteiger partial charge in [-0.05, 0) is 42.1 Å². The molecule has 2 saturated heterocycles. The highest BCUT2D eigenvalue weighted by atomic mass is 16.5. The average molecular weight is 516 g/mol. The third kappa shape index (κ3) is 5.28. The second-order valence-electron chi connectivity index (χ2n) is 9.68. The van der Waals surface area contributed by atoms with Gasteiger partial charge in [0.25, 0.3) is 0 Å². The highest BCUT2D eigenvalue weighted by Crippen LogP contribution is 2.37. The van der Waals surface area contributed by atoms with Gasteiger partial charge in [0.15, 0.2) is 0 Å². The summed E-state index contributed by atoms with van der Waals surface area (Å²) in [4.78, 5) is 21.5. The zero-order chi connectivity index (χ0) is 25.7. The van der Waals surface area contributed by atoms with E-state index in [1.807, 2.05) is 41.5 Å². The van der Waals surface area contributed by atoms with Crippen LogP contribution in [0.5, 0.6) is 0 Å². The molecular weight excluding hydrogens is 482 g/mol. The van der Waals surface area contributed by atoms with Gasteiger partial charge in [-0.1, -0.05) is 0 Å². The van der Waals surface area contributed by atoms with Crippen molar-refractivity contribution < 1.29 is 14.3 Å². The minimum atomic E-state index is -0.492. The van der Waals surface area contributed by atoms with Crippen molar-refractivity contribution in [1.29, 1.82) is 0 Å². The number of aldehydes is 1. The maximum atomic E-state index is 12.0. The number of aromatic nitrogens is 3. The molecule has 1 aromatic carbocycles. The first-order valence-corrected chi connectivity index (χ1v) is 13.2. The van der Waals surface area contributed by atoms with Crippen LogP contribution in [0.25, 0.3) is 17.2 Å². The first kappa shape index (κ1) is 24.6. The van der Waals surface area contributed by atoms with E-state index in [0.717, 1.165) is 99.9 Å². The van der Waals surface area contributed by atoms with Crippen molar-refractivity contribution in [3.63, 3.8) is 0 Å². The topological polar surface area (TPSA) is 96.8 Å². The van der Waals surface area contributed by atoms with E-state index >= 15 is 0 Å². The fraction of sp³-hybridized carbons (Fsp3) is 0.393. The number of hydrogen-bond donors (Lipinski definition) is 2. The Kier molecular flexibility index (Phi) is 7.34. The van der Waals surface area contributed by atoms with E-state index in [2.05, 4.69) is 43.9 Å². The molecule has 10 nitrogen and oxygen atoms in total. The maximum absolute atomic E-state index is 12.0. The second kappa shape index (κ2) is 11.3. The third-order valence-corrected chi connectivity index (χ3v) is 7.33. The molecular formula is C28H33N7O3. The summed E-state index contributed by atoms with van der Waals surface area (Å²) >= 11 is 0. The largest absolute Gasteiger partial charge is 0.379 e. The van der Waals surface area contributed by atoms with Gasteiger partial charge in [0.05, 0.1) is 39.2 Å². The van der Waals surface area contributed by atoms with E-state index in [4.69, 9.17) is 14.5 Å². The van der Waals surface area contributed by atoms with Crippen LogP contribution in [0.1, 0.15) is 17.2 Å². The third-order valence-electron chi connectivity index (χ3n) is 7.33. The van der Waals surface area contributed by atoms with Crippen molar-refractivity contribution in [3.05, 3.63) is 60.2 Å². The number of pyridine rings is 1. The first-order chi connectivity index (χ1) is 18.8. The molecule has 0 spiro atoms. The van der Waals surface area contributed by atoms with Gasteiger partial charge in [-0.25, -0.2) is 4.98 Å². The maximum Gasteiger partial charge on any atom is 0.146 e. The number of anilines is 3. The normalized spacial score (nSPS) is 19.6. The summed E-state index contributed by atoms with van der Waals surface area (Å²) in [6, 6.07) is 7.82. The Morgan fingerprint density at radius 2 is 1.76 bits per heavy atom. The summed E-state index contributed by atoms with van der Waals surface area (Å²) in [5, 5.41) is 11.2. The smallest absolute Gasteiger partial charge is 0.146 e. The van der Waals surface area contributed by atoms with Crippen LogP contribution in [0.2, 0.25) is 0 Å². The average Bonchev–Trinajstić information content (AvgIpc) is 3.46. The van der Waals surface area contributed by atoms with E-state index in [0.29, 0.717) is 5.82 Å². The number of carbonyl (C=O) groups excluding carboxylic acids is 1. The van der Waals surface area contributed by atoms with Crippen LogP contribution >= 0.6 is 0 Å². The highest BCUT2D eigenvalue weighted by Gasteiger charge is 2.25. The van der Waals surface area contributed by atoms with E-state index in [1.165, 1.54) is 5.69 Å². The number of hydrogen-bond acceptors (Lipinski definition) is 9. The summed E-state index contributed by atoms with van der Waals surface area (Å²) in [5.41, 5.74) is 5.82. The van der Waals surface area contributed by atoms with Crippen LogP contribution in [0, 0.1) is 0 Å². The number of rotatable bonds is 8. The van der Waals surface area contributed by atoms with Gasteiger partial charge < -0.3 is 29.8 Å². The molecule has 10 heteroatoms. The Hall–Kier alpha value is -3.73. The van der Waals surface area contributed by atoms with Crippen molar-refractivity contribution in [2.45, 2.75) is 12.6 Å². The second-order valence-corrected chi connectivity index (χ2v) is 9.68. The summed E-state index contributed by atoms with van der Waals surface area (Å²) in [7, 11) is 0. The number of nitrogens with one attached hydrogen (secondary N) is 2. The van der Waals surface area contributed by atoms with E-state index in [-0.39, 0.29) is 0 Å². The molecule has 0 radical (unpaired) electrons. The molecule has 198 valence electrons. The Bertz CT molecular complexity index is 1280. The van der Waals surface area contributed by atoms with E-state index < -0.39 is 6.04 Å². The molecule has 3 aromatic rings. The summed E-state index contributed by atoms with van der Waals surface area (Å²) in [6.45, 7) is 8.54. The standard InChI is InChI=1S/C28H33N7O3/c36-20-26-27-24(5-6-29-26)25(21-17-31-35(19-21)8-7-33-9-13-37-14-10-33)18-30-28(27)32-22-1-3-23(4-2-22)34-11-15-38-16-12-34/h1-6,17-20,26,29H,7-16H2,(H,30,32). The predicted molar refractivity (Wildman–Crippen MR) is 146 cm³/mol. The van der Waals surface area contributed by atoms with Crippen LogP contribution in [0.15, 0.2) is 49.1 Å². The molecule has 6 rings (SSSR count). The Balaban J connectivity index is 1.23. The summed E-state index contributed by atoms with van der Waals surface area (Å²) in [5.74, 6) is 0.663. The van der Waals surface area contributed by atoms with E-state index in [1.54, 1.807) is 0 Å². The van der Waals surface area contributed by atoms with Gasteiger partial charge >= 0.3 is 0 Å². The first-order valence-electron chi connectivity index (χ1n) is 13.2. The lowest BCUT2D eigenvalue weighted by molar-refractivity contribution is -0.109. The number of nitrogens with zero attached hydrogens (tertiary/aromatic N) is 5. The molecule has 1 atom stereocenters. The zero-order valence-corrected chi connectivity index (χ0v) is 21.4. The number of ether oxygens (including phenoxy) is 2. The van der Waals surface area contributed by atoms with Crippen molar-refractivity contribution >= 4 is 29.6 Å². The van der Waals surface area contributed by atoms with Crippen LogP contribution in [0.3, 0.4) is 0 Å². The molecule has 1 unspecified atom stereocenters. The molecule has 0 aliphatic carbocycles. The van der Waals surface area contributed by atoms with Gasteiger partial charge in [-0.3, -0.25) is 9.58 Å². The minimum Gasteiger partial charge on any atom is -0.379 e. The van der Waals surface area contributed by atoms with Crippen LogP contribution in [-0.4, -0.2) is 85.1 Å². The molecule has 3 aliphatic rings. The quantitative estimate of drug-likeness (QED) is 0.439. The molecule has 3 aliphatic heterocycles. The van der Waals surface area contributed by atoms with Crippen molar-refractivity contribution in [2.75, 3.05) is 69.4 Å². The van der Waals surface area contributed by atoms with Gasteiger partial charge in [-0.2, -0.15) is 5.10 Å². The monoisotopic (exact) mass is 515 g/mol. The Morgan fingerprint density at radius 1 is 1.00 bits per heavy atom. The lowest BCUT2D eigenvalue weighted by Gasteiger charge is -2.29. The summed E-state index contributed by atoms with van der Waals surface area (Å²) < 4.78 is 12.9. The Morgan fingerprint density at radius 3 is 2.53 bits per heavy atom. The SMILES string of the molecule is O=CC1NC=Cc2c(-c3cnn(CCN4CCOCC4)c3)cnc(Nc3ccc(N4CCOCC4)cc3)c21. The van der Waals surface area contributed by atoms with Crippen molar-refractivity contribution in [1.82, 2.24) is 25.0 Å². The zero-order valence-electron chi connectivity index (χ0n) is 21.4. The van der Waals surface area contributed by atoms with Crippen molar-refractivity contribution in [3.8, 4) is 11.1 Å². The Labute approximate surface area is 222 Å². The lowest BCUT2D eigenvalue weighted by atomic mass is 9.93. The number of morpholine rings is 2. The van der Waals surface area contributed by atoms with Crippen LogP contribution in [-0.2, 0) is 20.8 Å². The molecule has 0 saturated carbocycles. The molecule has 5 heterocycles. The highest BCUT2D eigenvalue weighted by molar-refractivity contribution is 5.85. The van der Waals surface area contributed by atoms with Gasteiger partial charge in [0.2, 0.25) is 0 Å². The molecule has 2 N–H and O–H groups in total. The van der Waals surface area contributed by atoms with Gasteiger partial charge in [-0.15, -0.1) is 0 Å².